The molecule has 3 rings (SSSR count). The third kappa shape index (κ3) is 3.95. The number of ether oxygens (including phenoxy) is 1. The molecule has 0 fully saturated rings. The van der Waals surface area contributed by atoms with Crippen LogP contribution in [-0.4, -0.2) is 40.8 Å². The van der Waals surface area contributed by atoms with Gasteiger partial charge < -0.3 is 15.2 Å². The molecule has 138 valence electrons. The Morgan fingerprint density at radius 3 is 2.63 bits per heavy atom. The quantitative estimate of drug-likeness (QED) is 0.620. The van der Waals surface area contributed by atoms with Gasteiger partial charge in [-0.2, -0.15) is 5.10 Å². The van der Waals surface area contributed by atoms with Gasteiger partial charge in [0.1, 0.15) is 18.1 Å². The fraction of sp³-hybridized carbons (Fsp3) is 0.105. The number of carboxylic acid groups (broad SMARTS) is 1. The molecule has 0 saturated heterocycles. The molecule has 8 heteroatoms. The second-order valence-electron chi connectivity index (χ2n) is 5.64. The second kappa shape index (κ2) is 7.69. The predicted molar refractivity (Wildman–Crippen MR) is 97.9 cm³/mol. The maximum Gasteiger partial charge on any atom is 0.322 e. The molecule has 3 N–H and O–H groups in total. The van der Waals surface area contributed by atoms with E-state index >= 15 is 0 Å². The first-order valence-electron chi connectivity index (χ1n) is 7.98. The highest BCUT2D eigenvalue weighted by atomic mass is 19.1. The highest BCUT2D eigenvalue weighted by Crippen LogP contribution is 2.32. The van der Waals surface area contributed by atoms with E-state index < -0.39 is 18.4 Å². The van der Waals surface area contributed by atoms with E-state index in [1.165, 1.54) is 25.3 Å². The molecule has 7 nitrogen and oxygen atoms in total. The lowest BCUT2D eigenvalue weighted by atomic mass is 10.1. The van der Waals surface area contributed by atoms with Crippen molar-refractivity contribution in [2.45, 2.75) is 0 Å². The van der Waals surface area contributed by atoms with Gasteiger partial charge in [0.15, 0.2) is 0 Å². The van der Waals surface area contributed by atoms with Gasteiger partial charge in [0.25, 0.3) is 5.91 Å². The van der Waals surface area contributed by atoms with Crippen LogP contribution in [0.2, 0.25) is 0 Å². The number of H-pyrrole nitrogens is 1. The van der Waals surface area contributed by atoms with Gasteiger partial charge in [-0.3, -0.25) is 14.7 Å². The number of aliphatic carboxylic acids is 1. The highest BCUT2D eigenvalue weighted by Gasteiger charge is 2.19. The Morgan fingerprint density at radius 2 is 1.96 bits per heavy atom. The molecular formula is C19H16FN3O4. The predicted octanol–water partition coefficient (Wildman–Crippen LogP) is 2.70. The number of methoxy groups -OCH3 is 1. The molecule has 1 heterocycles. The minimum atomic E-state index is -1.14. The molecule has 0 saturated carbocycles. The van der Waals surface area contributed by atoms with Gasteiger partial charge >= 0.3 is 5.97 Å². The number of nitrogens with one attached hydrogen (secondary N) is 2. The summed E-state index contributed by atoms with van der Waals surface area (Å²) in [5.74, 6) is -1.75. The van der Waals surface area contributed by atoms with Gasteiger partial charge in [0, 0.05) is 0 Å². The summed E-state index contributed by atoms with van der Waals surface area (Å²) in [6.45, 7) is -0.497. The number of rotatable bonds is 6. The lowest BCUT2D eigenvalue weighted by Gasteiger charge is -2.09. The summed E-state index contributed by atoms with van der Waals surface area (Å²) in [6, 6.07) is 9.16. The lowest BCUT2D eigenvalue weighted by Crippen LogP contribution is -2.29. The SMILES string of the molecule is COc1c(C(=O)NCC(=O)O)ccc2[nH]nc(C=Cc3ccc(F)cc3)c12. The molecule has 0 aliphatic heterocycles. The summed E-state index contributed by atoms with van der Waals surface area (Å²) in [5, 5.41) is 18.7. The van der Waals surface area contributed by atoms with E-state index in [4.69, 9.17) is 9.84 Å². The summed E-state index contributed by atoms with van der Waals surface area (Å²) in [6.07, 6.45) is 3.47. The Kier molecular flexibility index (Phi) is 5.16. The number of fused-ring (bicyclic) bond motifs is 1. The van der Waals surface area contributed by atoms with Gasteiger partial charge in [0.2, 0.25) is 0 Å². The summed E-state index contributed by atoms with van der Waals surface area (Å²) in [7, 11) is 1.42. The standard InChI is InChI=1S/C19H16FN3O4/c1-27-18-13(19(26)21-10-16(24)25)7-9-15-17(18)14(22-23-15)8-4-11-2-5-12(20)6-3-11/h2-9H,10H2,1H3,(H,21,26)(H,22,23)(H,24,25). The molecule has 1 amide bonds. The third-order valence-electron chi connectivity index (χ3n) is 3.86. The summed E-state index contributed by atoms with van der Waals surface area (Å²) < 4.78 is 18.4. The van der Waals surface area contributed by atoms with Crippen LogP contribution in [0, 0.1) is 5.82 Å². The van der Waals surface area contributed by atoms with Crippen molar-refractivity contribution in [1.82, 2.24) is 15.5 Å². The number of carbonyl (C=O) groups is 2. The average Bonchev–Trinajstić information content (AvgIpc) is 3.08. The van der Waals surface area contributed by atoms with E-state index in [0.29, 0.717) is 16.6 Å². The maximum atomic E-state index is 13.0. The van der Waals surface area contributed by atoms with Crippen molar-refractivity contribution in [3.8, 4) is 5.75 Å². The van der Waals surface area contributed by atoms with E-state index in [-0.39, 0.29) is 17.1 Å². The van der Waals surface area contributed by atoms with Crippen LogP contribution in [0.1, 0.15) is 21.6 Å². The third-order valence-corrected chi connectivity index (χ3v) is 3.86. The minimum absolute atomic E-state index is 0.198. The van der Waals surface area contributed by atoms with Crippen LogP contribution in [0.4, 0.5) is 4.39 Å². The van der Waals surface area contributed by atoms with Crippen molar-refractivity contribution in [1.29, 1.82) is 0 Å². The number of benzene rings is 2. The summed E-state index contributed by atoms with van der Waals surface area (Å²) in [4.78, 5) is 22.9. The second-order valence-corrected chi connectivity index (χ2v) is 5.64. The lowest BCUT2D eigenvalue weighted by molar-refractivity contribution is -0.135. The first kappa shape index (κ1) is 18.1. The molecule has 0 atom stereocenters. The summed E-state index contributed by atoms with van der Waals surface area (Å²) in [5.41, 5.74) is 2.16. The minimum Gasteiger partial charge on any atom is -0.495 e. The van der Waals surface area contributed by atoms with Crippen LogP contribution in [0.15, 0.2) is 36.4 Å². The van der Waals surface area contributed by atoms with Crippen molar-refractivity contribution in [2.75, 3.05) is 13.7 Å². The number of carboxylic acids is 1. The first-order valence-corrected chi connectivity index (χ1v) is 7.98. The Bertz CT molecular complexity index is 1030. The van der Waals surface area contributed by atoms with E-state index in [0.717, 1.165) is 5.56 Å². The first-order chi connectivity index (χ1) is 13.0. The van der Waals surface area contributed by atoms with Gasteiger partial charge in [-0.1, -0.05) is 18.2 Å². The van der Waals surface area contributed by atoms with Gasteiger partial charge in [0.05, 0.1) is 29.3 Å². The Labute approximate surface area is 153 Å². The number of aromatic nitrogens is 2. The Hall–Kier alpha value is -3.68. The molecule has 0 aliphatic carbocycles. The molecule has 0 radical (unpaired) electrons. The van der Waals surface area contributed by atoms with Gasteiger partial charge in [-0.15, -0.1) is 0 Å². The van der Waals surface area contributed by atoms with E-state index in [9.17, 15) is 14.0 Å². The van der Waals surface area contributed by atoms with Crippen LogP contribution in [-0.2, 0) is 4.79 Å². The monoisotopic (exact) mass is 369 g/mol. The molecule has 1 aromatic heterocycles. The van der Waals surface area contributed by atoms with Crippen molar-refractivity contribution in [3.63, 3.8) is 0 Å². The zero-order valence-electron chi connectivity index (χ0n) is 14.3. The summed E-state index contributed by atoms with van der Waals surface area (Å²) >= 11 is 0. The van der Waals surface area contributed by atoms with Crippen LogP contribution >= 0.6 is 0 Å². The van der Waals surface area contributed by atoms with Crippen molar-refractivity contribution < 1.29 is 23.8 Å². The maximum absolute atomic E-state index is 13.0. The number of halogens is 1. The van der Waals surface area contributed by atoms with Crippen LogP contribution in [0.5, 0.6) is 5.75 Å². The van der Waals surface area contributed by atoms with Crippen LogP contribution < -0.4 is 10.1 Å². The molecule has 0 spiro atoms. The molecule has 0 unspecified atom stereocenters. The Balaban J connectivity index is 1.99. The molecule has 2 aromatic carbocycles. The fourth-order valence-electron chi connectivity index (χ4n) is 2.62. The van der Waals surface area contributed by atoms with Gasteiger partial charge in [-0.05, 0) is 35.9 Å². The number of carbonyl (C=O) groups excluding carboxylic acids is 1. The molecule has 27 heavy (non-hydrogen) atoms. The van der Waals surface area contributed by atoms with E-state index in [1.807, 2.05) is 0 Å². The van der Waals surface area contributed by atoms with Crippen molar-refractivity contribution >= 4 is 34.9 Å². The van der Waals surface area contributed by atoms with Crippen LogP contribution in [0.3, 0.4) is 0 Å². The smallest absolute Gasteiger partial charge is 0.322 e. The molecule has 0 bridgehead atoms. The number of hydrogen-bond donors (Lipinski definition) is 3. The molecule has 3 aromatic rings. The molecular weight excluding hydrogens is 353 g/mol. The number of hydrogen-bond acceptors (Lipinski definition) is 4. The largest absolute Gasteiger partial charge is 0.495 e. The van der Waals surface area contributed by atoms with Gasteiger partial charge in [-0.25, -0.2) is 4.39 Å². The zero-order valence-corrected chi connectivity index (χ0v) is 14.3. The zero-order chi connectivity index (χ0) is 19.4. The average molecular weight is 369 g/mol. The van der Waals surface area contributed by atoms with Crippen LogP contribution in [0.25, 0.3) is 23.1 Å². The Morgan fingerprint density at radius 1 is 1.22 bits per heavy atom. The van der Waals surface area contributed by atoms with E-state index in [1.54, 1.807) is 30.4 Å². The fourth-order valence-corrected chi connectivity index (χ4v) is 2.62. The van der Waals surface area contributed by atoms with Crippen molar-refractivity contribution in [3.05, 3.63) is 59.0 Å². The normalized spacial score (nSPS) is 11.0. The number of aromatic amines is 1. The van der Waals surface area contributed by atoms with Crippen molar-refractivity contribution in [2.24, 2.45) is 0 Å². The van der Waals surface area contributed by atoms with E-state index in [2.05, 4.69) is 15.5 Å². The topological polar surface area (TPSA) is 104 Å². The number of amides is 1. The molecule has 0 aliphatic rings. The number of nitrogens with zero attached hydrogens (tertiary/aromatic N) is 1. The highest BCUT2D eigenvalue weighted by molar-refractivity contribution is 6.06.